The van der Waals surface area contributed by atoms with Gasteiger partial charge in [0, 0.05) is 18.5 Å². The van der Waals surface area contributed by atoms with Crippen LogP contribution < -0.4 is 9.46 Å². The molecule has 8 heteroatoms. The van der Waals surface area contributed by atoms with Gasteiger partial charge in [0.05, 0.1) is 18.4 Å². The van der Waals surface area contributed by atoms with E-state index < -0.39 is 10.0 Å². The molecule has 0 spiro atoms. The van der Waals surface area contributed by atoms with Gasteiger partial charge in [-0.15, -0.1) is 11.3 Å². The lowest BCUT2D eigenvalue weighted by Crippen LogP contribution is -2.27. The molecule has 1 aromatic carbocycles. The molecule has 1 saturated heterocycles. The quantitative estimate of drug-likeness (QED) is 0.865. The van der Waals surface area contributed by atoms with Crippen molar-refractivity contribution in [3.05, 3.63) is 40.8 Å². The number of nitrogens with one attached hydrogen (secondary N) is 1. The number of thiophene rings is 1. The van der Waals surface area contributed by atoms with Gasteiger partial charge >= 0.3 is 0 Å². The van der Waals surface area contributed by atoms with Crippen LogP contribution in [0.4, 0.5) is 5.69 Å². The number of rotatable bonds is 5. The van der Waals surface area contributed by atoms with E-state index in [9.17, 15) is 13.2 Å². The van der Waals surface area contributed by atoms with Crippen molar-refractivity contribution in [2.45, 2.75) is 24.0 Å². The molecule has 2 heterocycles. The minimum atomic E-state index is -3.78. The number of carbonyl (C=O) groups excluding carboxylic acids is 1. The Labute approximate surface area is 151 Å². The number of hydrogen-bond donors (Lipinski definition) is 1. The number of anilines is 1. The van der Waals surface area contributed by atoms with Gasteiger partial charge in [-0.3, -0.25) is 9.52 Å². The summed E-state index contributed by atoms with van der Waals surface area (Å²) in [5.41, 5.74) is 1.71. The largest absolute Gasteiger partial charge is 0.495 e. The number of aryl methyl sites for hydroxylation is 1. The number of amides is 1. The molecule has 0 saturated carbocycles. The molecule has 1 N–H and O–H groups in total. The lowest BCUT2D eigenvalue weighted by Gasteiger charge is -2.13. The minimum absolute atomic E-state index is 0.108. The van der Waals surface area contributed by atoms with Crippen LogP contribution in [0.15, 0.2) is 33.9 Å². The molecule has 1 amide bonds. The maximum absolute atomic E-state index is 12.7. The molecule has 25 heavy (non-hydrogen) atoms. The fraction of sp³-hybridized carbons (Fsp3) is 0.353. The van der Waals surface area contributed by atoms with Crippen LogP contribution >= 0.6 is 11.3 Å². The summed E-state index contributed by atoms with van der Waals surface area (Å²) in [6.45, 7) is 3.33. The van der Waals surface area contributed by atoms with Gasteiger partial charge in [-0.25, -0.2) is 8.42 Å². The minimum Gasteiger partial charge on any atom is -0.495 e. The highest BCUT2D eigenvalue weighted by Crippen LogP contribution is 2.30. The summed E-state index contributed by atoms with van der Waals surface area (Å²) >= 11 is 1.04. The fourth-order valence-corrected chi connectivity index (χ4v) is 4.98. The smallest absolute Gasteiger partial charge is 0.271 e. The zero-order valence-corrected chi connectivity index (χ0v) is 15.7. The number of ether oxygens (including phenoxy) is 1. The zero-order chi connectivity index (χ0) is 18.0. The Bertz CT molecular complexity index is 884. The molecule has 1 aliphatic heterocycles. The predicted molar refractivity (Wildman–Crippen MR) is 98.0 cm³/mol. The molecule has 1 aliphatic rings. The van der Waals surface area contributed by atoms with Crippen LogP contribution in [0.1, 0.15) is 28.8 Å². The Morgan fingerprint density at radius 3 is 2.64 bits per heavy atom. The number of carbonyl (C=O) groups is 1. The van der Waals surface area contributed by atoms with Gasteiger partial charge < -0.3 is 9.64 Å². The van der Waals surface area contributed by atoms with E-state index in [-0.39, 0.29) is 10.1 Å². The molecule has 6 nitrogen and oxygen atoms in total. The van der Waals surface area contributed by atoms with Crippen molar-refractivity contribution in [3.8, 4) is 5.75 Å². The van der Waals surface area contributed by atoms with Gasteiger partial charge in [0.1, 0.15) is 9.96 Å². The second-order valence-corrected chi connectivity index (χ2v) is 8.78. The molecule has 3 rings (SSSR count). The third-order valence-electron chi connectivity index (χ3n) is 4.08. The van der Waals surface area contributed by atoms with E-state index in [1.165, 1.54) is 13.2 Å². The van der Waals surface area contributed by atoms with Crippen LogP contribution in [0, 0.1) is 6.92 Å². The molecular weight excluding hydrogens is 360 g/mol. The normalized spacial score (nSPS) is 14.6. The van der Waals surface area contributed by atoms with Crippen molar-refractivity contribution in [2.75, 3.05) is 24.9 Å². The first-order valence-electron chi connectivity index (χ1n) is 7.96. The standard InChI is InChI=1S/C17H20N2O4S2/c1-12-5-6-15(23-2)14(9-12)18-25(21,22)16-10-13(11-24-16)17(20)19-7-3-4-8-19/h5-6,9-11,18H,3-4,7-8H2,1-2H3. The lowest BCUT2D eigenvalue weighted by atomic mass is 10.2. The predicted octanol–water partition coefficient (Wildman–Crippen LogP) is 3.10. The van der Waals surface area contributed by atoms with E-state index >= 15 is 0 Å². The van der Waals surface area contributed by atoms with Gasteiger partial charge in [0.2, 0.25) is 0 Å². The summed E-state index contributed by atoms with van der Waals surface area (Å²) < 4.78 is 33.2. The van der Waals surface area contributed by atoms with Crippen molar-refractivity contribution in [1.82, 2.24) is 4.90 Å². The first-order valence-corrected chi connectivity index (χ1v) is 10.3. The highest BCUT2D eigenvalue weighted by atomic mass is 32.2. The van der Waals surface area contributed by atoms with Crippen molar-refractivity contribution >= 4 is 33.0 Å². The molecule has 1 fully saturated rings. The van der Waals surface area contributed by atoms with Gasteiger partial charge in [0.25, 0.3) is 15.9 Å². The van der Waals surface area contributed by atoms with Crippen molar-refractivity contribution in [2.24, 2.45) is 0 Å². The van der Waals surface area contributed by atoms with Crippen molar-refractivity contribution < 1.29 is 17.9 Å². The van der Waals surface area contributed by atoms with Gasteiger partial charge in [-0.1, -0.05) is 6.07 Å². The molecule has 0 bridgehead atoms. The van der Waals surface area contributed by atoms with Crippen LogP contribution in [0.2, 0.25) is 0 Å². The van der Waals surface area contributed by atoms with Gasteiger partial charge in [-0.05, 0) is 43.5 Å². The Morgan fingerprint density at radius 2 is 1.96 bits per heavy atom. The average molecular weight is 380 g/mol. The molecule has 1 aromatic heterocycles. The Kier molecular flexibility index (Phi) is 5.01. The zero-order valence-electron chi connectivity index (χ0n) is 14.1. The summed E-state index contributed by atoms with van der Waals surface area (Å²) in [5.74, 6) is 0.336. The SMILES string of the molecule is COc1ccc(C)cc1NS(=O)(=O)c1cc(C(=O)N2CCCC2)cs1. The molecule has 134 valence electrons. The second kappa shape index (κ2) is 7.05. The van der Waals surface area contributed by atoms with Crippen LogP contribution in [-0.2, 0) is 10.0 Å². The molecule has 0 atom stereocenters. The first-order chi connectivity index (χ1) is 11.9. The number of hydrogen-bond acceptors (Lipinski definition) is 5. The summed E-state index contributed by atoms with van der Waals surface area (Å²) in [4.78, 5) is 14.1. The molecular formula is C17H20N2O4S2. The number of sulfonamides is 1. The summed E-state index contributed by atoms with van der Waals surface area (Å²) in [6.07, 6.45) is 1.99. The molecule has 0 radical (unpaired) electrons. The summed E-state index contributed by atoms with van der Waals surface area (Å²) in [5, 5.41) is 1.60. The van der Waals surface area contributed by atoms with Crippen LogP contribution in [-0.4, -0.2) is 39.4 Å². The Balaban J connectivity index is 1.84. The van der Waals surface area contributed by atoms with E-state index in [2.05, 4.69) is 4.72 Å². The van der Waals surface area contributed by atoms with Crippen molar-refractivity contribution in [3.63, 3.8) is 0 Å². The molecule has 0 aliphatic carbocycles. The lowest BCUT2D eigenvalue weighted by molar-refractivity contribution is 0.0793. The number of benzene rings is 1. The summed E-state index contributed by atoms with van der Waals surface area (Å²) in [6, 6.07) is 6.70. The highest BCUT2D eigenvalue weighted by molar-refractivity contribution is 7.94. The number of nitrogens with zero attached hydrogens (tertiary/aromatic N) is 1. The van der Waals surface area contributed by atoms with Gasteiger partial charge in [-0.2, -0.15) is 0 Å². The van der Waals surface area contributed by atoms with Crippen LogP contribution in [0.25, 0.3) is 0 Å². The fourth-order valence-electron chi connectivity index (χ4n) is 2.77. The van der Waals surface area contributed by atoms with E-state index in [1.807, 2.05) is 13.0 Å². The Hall–Kier alpha value is -2.06. The molecule has 2 aromatic rings. The topological polar surface area (TPSA) is 75.7 Å². The second-order valence-electron chi connectivity index (χ2n) is 5.96. The first kappa shape index (κ1) is 17.8. The van der Waals surface area contributed by atoms with Crippen LogP contribution in [0.3, 0.4) is 0 Å². The monoisotopic (exact) mass is 380 g/mol. The highest BCUT2D eigenvalue weighted by Gasteiger charge is 2.24. The maximum atomic E-state index is 12.7. The summed E-state index contributed by atoms with van der Waals surface area (Å²) in [7, 11) is -2.29. The van der Waals surface area contributed by atoms with Crippen molar-refractivity contribution in [1.29, 1.82) is 0 Å². The van der Waals surface area contributed by atoms with E-state index in [1.54, 1.807) is 22.4 Å². The van der Waals surface area contributed by atoms with E-state index in [0.29, 0.717) is 17.0 Å². The third kappa shape index (κ3) is 3.80. The third-order valence-corrected chi connectivity index (χ3v) is 6.88. The average Bonchev–Trinajstić information content (AvgIpc) is 3.26. The van der Waals surface area contributed by atoms with Crippen LogP contribution in [0.5, 0.6) is 5.75 Å². The number of methoxy groups -OCH3 is 1. The number of likely N-dealkylation sites (tertiary alicyclic amines) is 1. The maximum Gasteiger partial charge on any atom is 0.271 e. The van der Waals surface area contributed by atoms with E-state index in [4.69, 9.17) is 4.74 Å². The Morgan fingerprint density at radius 1 is 1.24 bits per heavy atom. The molecule has 0 unspecified atom stereocenters. The van der Waals surface area contributed by atoms with E-state index in [0.717, 1.165) is 42.8 Å². The van der Waals surface area contributed by atoms with Gasteiger partial charge in [0.15, 0.2) is 0 Å².